The SMILES string of the molecule is CC(C)(C)c1ccnc(-n2c3ccc(C(C)(C)c4ccccc4)cc3c3ccc(Oc4cc(-n5ncc6ccccc65)cc(C(C)(C)c5ccccc5)c4)cc32)c1. The third-order valence-corrected chi connectivity index (χ3v) is 11.9. The number of hydrogen-bond donors (Lipinski definition) is 0. The highest BCUT2D eigenvalue weighted by atomic mass is 16.5. The molecular weight excluding hydrogens is 697 g/mol. The molecule has 57 heavy (non-hydrogen) atoms. The number of rotatable bonds is 8. The second-order valence-corrected chi connectivity index (χ2v) is 17.3. The lowest BCUT2D eigenvalue weighted by Gasteiger charge is -2.27. The molecule has 0 aliphatic rings. The Morgan fingerprint density at radius 1 is 0.474 bits per heavy atom. The van der Waals surface area contributed by atoms with Crippen LogP contribution < -0.4 is 4.74 Å². The zero-order valence-electron chi connectivity index (χ0n) is 33.8. The fourth-order valence-electron chi connectivity index (χ4n) is 8.19. The first-order chi connectivity index (χ1) is 27.4. The van der Waals surface area contributed by atoms with E-state index in [1.807, 2.05) is 23.1 Å². The van der Waals surface area contributed by atoms with E-state index in [0.29, 0.717) is 0 Å². The molecule has 0 saturated carbocycles. The third-order valence-electron chi connectivity index (χ3n) is 11.9. The second-order valence-electron chi connectivity index (χ2n) is 17.3. The molecule has 0 bridgehead atoms. The Balaban J connectivity index is 1.22. The van der Waals surface area contributed by atoms with E-state index in [1.165, 1.54) is 27.6 Å². The number of pyridine rings is 1. The van der Waals surface area contributed by atoms with Gasteiger partial charge in [0.05, 0.1) is 28.4 Å². The van der Waals surface area contributed by atoms with Crippen molar-refractivity contribution in [2.24, 2.45) is 0 Å². The van der Waals surface area contributed by atoms with Gasteiger partial charge >= 0.3 is 0 Å². The van der Waals surface area contributed by atoms with Crippen molar-refractivity contribution in [3.63, 3.8) is 0 Å². The van der Waals surface area contributed by atoms with Gasteiger partial charge in [0.15, 0.2) is 0 Å². The van der Waals surface area contributed by atoms with Gasteiger partial charge in [-0.05, 0) is 87.8 Å². The molecule has 0 saturated heterocycles. The average molecular weight is 745 g/mol. The summed E-state index contributed by atoms with van der Waals surface area (Å²) in [6, 6.07) is 53.9. The Morgan fingerprint density at radius 2 is 1.16 bits per heavy atom. The van der Waals surface area contributed by atoms with Crippen molar-refractivity contribution in [3.05, 3.63) is 192 Å². The minimum atomic E-state index is -0.302. The molecule has 282 valence electrons. The quantitative estimate of drug-likeness (QED) is 0.156. The Bertz CT molecular complexity index is 2910. The largest absolute Gasteiger partial charge is 0.457 e. The molecule has 9 aromatic rings. The fourth-order valence-corrected chi connectivity index (χ4v) is 8.19. The van der Waals surface area contributed by atoms with Crippen LogP contribution in [0.25, 0.3) is 44.2 Å². The number of aromatic nitrogens is 4. The van der Waals surface area contributed by atoms with Gasteiger partial charge in [0, 0.05) is 45.3 Å². The number of para-hydroxylation sites is 1. The van der Waals surface area contributed by atoms with Crippen molar-refractivity contribution in [3.8, 4) is 23.0 Å². The van der Waals surface area contributed by atoms with Gasteiger partial charge in [-0.2, -0.15) is 5.10 Å². The van der Waals surface area contributed by atoms with Crippen LogP contribution >= 0.6 is 0 Å². The Labute approximate surface area is 335 Å². The maximum atomic E-state index is 6.93. The maximum absolute atomic E-state index is 6.93. The van der Waals surface area contributed by atoms with Crippen LogP contribution in [0.4, 0.5) is 0 Å². The Morgan fingerprint density at radius 3 is 1.88 bits per heavy atom. The summed E-state index contributed by atoms with van der Waals surface area (Å²) in [7, 11) is 0. The van der Waals surface area contributed by atoms with E-state index in [9.17, 15) is 0 Å². The minimum absolute atomic E-state index is 0.0340. The molecule has 0 aliphatic heterocycles. The molecule has 0 radical (unpaired) electrons. The van der Waals surface area contributed by atoms with Crippen molar-refractivity contribution in [1.82, 2.24) is 19.3 Å². The Kier molecular flexibility index (Phi) is 8.65. The molecule has 3 aromatic heterocycles. The number of hydrogen-bond acceptors (Lipinski definition) is 3. The molecule has 6 aromatic carbocycles. The van der Waals surface area contributed by atoms with Crippen molar-refractivity contribution in [2.75, 3.05) is 0 Å². The molecule has 0 N–H and O–H groups in total. The van der Waals surface area contributed by atoms with Crippen LogP contribution in [0.2, 0.25) is 0 Å². The summed E-state index contributed by atoms with van der Waals surface area (Å²) >= 11 is 0. The van der Waals surface area contributed by atoms with E-state index >= 15 is 0 Å². The maximum Gasteiger partial charge on any atom is 0.137 e. The molecule has 9 rings (SSSR count). The van der Waals surface area contributed by atoms with Crippen molar-refractivity contribution in [2.45, 2.75) is 64.7 Å². The predicted octanol–water partition coefficient (Wildman–Crippen LogP) is 13.3. The zero-order valence-corrected chi connectivity index (χ0v) is 33.8. The van der Waals surface area contributed by atoms with Crippen molar-refractivity contribution in [1.29, 1.82) is 0 Å². The van der Waals surface area contributed by atoms with E-state index in [1.54, 1.807) is 0 Å². The Hall–Kier alpha value is -6.46. The van der Waals surface area contributed by atoms with Crippen LogP contribution in [0.1, 0.15) is 76.3 Å². The highest BCUT2D eigenvalue weighted by Gasteiger charge is 2.27. The number of fused-ring (bicyclic) bond motifs is 4. The average Bonchev–Trinajstić information content (AvgIpc) is 3.80. The van der Waals surface area contributed by atoms with Crippen LogP contribution in [-0.2, 0) is 16.2 Å². The standard InChI is InChI=1S/C52H48N4O/c1-50(2,3)38-26-27-53-49(31-38)55-47-25-22-39(51(4,5)36-17-10-8-11-18-36)30-45(47)44-24-23-42(33-48(44)55)57-43-29-40(52(6,7)37-19-12-9-13-20-37)28-41(32-43)56-46-21-15-14-16-35(46)34-54-56/h8-34H,1-7H3. The lowest BCUT2D eigenvalue weighted by Crippen LogP contribution is -2.19. The van der Waals surface area contributed by atoms with Crippen LogP contribution in [0.3, 0.4) is 0 Å². The first-order valence-electron chi connectivity index (χ1n) is 19.8. The van der Waals surface area contributed by atoms with Crippen LogP contribution in [-0.4, -0.2) is 19.3 Å². The van der Waals surface area contributed by atoms with Gasteiger partial charge in [-0.15, -0.1) is 0 Å². The highest BCUT2D eigenvalue weighted by Crippen LogP contribution is 2.41. The molecule has 0 spiro atoms. The van der Waals surface area contributed by atoms with Gasteiger partial charge in [-0.1, -0.05) is 133 Å². The van der Waals surface area contributed by atoms with E-state index in [4.69, 9.17) is 14.8 Å². The summed E-state index contributed by atoms with van der Waals surface area (Å²) in [5.74, 6) is 2.37. The van der Waals surface area contributed by atoms with Gasteiger partial charge in [0.25, 0.3) is 0 Å². The molecule has 0 amide bonds. The minimum Gasteiger partial charge on any atom is -0.457 e. The first-order valence-corrected chi connectivity index (χ1v) is 19.8. The van der Waals surface area contributed by atoms with Crippen LogP contribution in [0.15, 0.2) is 164 Å². The van der Waals surface area contributed by atoms with Gasteiger partial charge in [-0.25, -0.2) is 9.67 Å². The van der Waals surface area contributed by atoms with Crippen molar-refractivity contribution < 1.29 is 4.74 Å². The topological polar surface area (TPSA) is 44.9 Å². The lowest BCUT2D eigenvalue weighted by molar-refractivity contribution is 0.480. The summed E-state index contributed by atoms with van der Waals surface area (Å²) in [6.07, 6.45) is 3.86. The number of benzene rings is 6. The van der Waals surface area contributed by atoms with E-state index < -0.39 is 0 Å². The summed E-state index contributed by atoms with van der Waals surface area (Å²) in [5, 5.41) is 8.25. The molecular formula is C52H48N4O. The van der Waals surface area contributed by atoms with Crippen LogP contribution in [0.5, 0.6) is 11.5 Å². The summed E-state index contributed by atoms with van der Waals surface area (Å²) in [5.41, 5.74) is 9.73. The molecule has 0 unspecified atom stereocenters. The van der Waals surface area contributed by atoms with Crippen LogP contribution in [0, 0.1) is 0 Å². The van der Waals surface area contributed by atoms with Gasteiger partial charge in [-0.3, -0.25) is 4.57 Å². The summed E-state index contributed by atoms with van der Waals surface area (Å²) in [4.78, 5) is 4.97. The monoisotopic (exact) mass is 744 g/mol. The third kappa shape index (κ3) is 6.47. The number of nitrogens with zero attached hydrogens (tertiary/aromatic N) is 4. The summed E-state index contributed by atoms with van der Waals surface area (Å²) in [6.45, 7) is 15.9. The van der Waals surface area contributed by atoms with Gasteiger partial charge in [0.2, 0.25) is 0 Å². The van der Waals surface area contributed by atoms with Gasteiger partial charge in [0.1, 0.15) is 17.3 Å². The second kappa shape index (κ2) is 13.6. The predicted molar refractivity (Wildman–Crippen MR) is 236 cm³/mol. The molecule has 3 heterocycles. The van der Waals surface area contributed by atoms with E-state index in [-0.39, 0.29) is 16.2 Å². The molecule has 5 nitrogen and oxygen atoms in total. The molecule has 0 atom stereocenters. The fraction of sp³-hybridized carbons (Fsp3) is 0.192. The lowest BCUT2D eigenvalue weighted by atomic mass is 9.78. The van der Waals surface area contributed by atoms with Gasteiger partial charge < -0.3 is 4.74 Å². The van der Waals surface area contributed by atoms with E-state index in [2.05, 4.69) is 199 Å². The highest BCUT2D eigenvalue weighted by molar-refractivity contribution is 6.10. The number of ether oxygens (including phenoxy) is 1. The molecule has 5 heteroatoms. The summed E-state index contributed by atoms with van der Waals surface area (Å²) < 4.78 is 11.2. The normalized spacial score (nSPS) is 12.5. The molecule has 0 fully saturated rings. The van der Waals surface area contributed by atoms with E-state index in [0.717, 1.165) is 55.9 Å². The first kappa shape index (κ1) is 36.2. The smallest absolute Gasteiger partial charge is 0.137 e. The zero-order chi connectivity index (χ0) is 39.5. The van der Waals surface area contributed by atoms with Crippen molar-refractivity contribution >= 4 is 32.7 Å². The molecule has 0 aliphatic carbocycles.